The fraction of sp³-hybridized carbons (Fsp3) is 0.267. The Morgan fingerprint density at radius 3 is 3.00 bits per heavy atom. The van der Waals surface area contributed by atoms with Crippen LogP contribution in [0.2, 0.25) is 4.34 Å². The normalized spacial score (nSPS) is 17.3. The van der Waals surface area contributed by atoms with Gasteiger partial charge in [0.15, 0.2) is 0 Å². The number of carbonyl (C=O) groups is 1. The third-order valence-electron chi connectivity index (χ3n) is 3.66. The molecular formula is C15H14ClFN2OS. The zero-order valence-corrected chi connectivity index (χ0v) is 12.7. The van der Waals surface area contributed by atoms with Gasteiger partial charge in [0.05, 0.1) is 16.1 Å². The van der Waals surface area contributed by atoms with Crippen molar-refractivity contribution in [3.8, 4) is 0 Å². The van der Waals surface area contributed by atoms with Gasteiger partial charge in [0.25, 0.3) is 0 Å². The van der Waals surface area contributed by atoms with Crippen LogP contribution in [0.4, 0.5) is 10.1 Å². The molecule has 2 aromatic rings. The molecule has 1 aliphatic carbocycles. The van der Waals surface area contributed by atoms with Crippen LogP contribution in [0.25, 0.3) is 0 Å². The number of anilines is 1. The lowest BCUT2D eigenvalue weighted by Crippen LogP contribution is -2.17. The number of primary amides is 1. The number of hydrogen-bond donors (Lipinski definition) is 2. The number of thiophene rings is 1. The molecule has 3 nitrogen and oxygen atoms in total. The minimum absolute atomic E-state index is 0.00938. The van der Waals surface area contributed by atoms with Gasteiger partial charge in [-0.1, -0.05) is 11.6 Å². The number of fused-ring (bicyclic) bond motifs is 1. The first kappa shape index (κ1) is 14.4. The highest BCUT2D eigenvalue weighted by atomic mass is 35.5. The molecule has 0 radical (unpaired) electrons. The molecule has 1 amide bonds. The maximum absolute atomic E-state index is 13.9. The van der Waals surface area contributed by atoms with E-state index < -0.39 is 11.7 Å². The molecule has 110 valence electrons. The van der Waals surface area contributed by atoms with Crippen LogP contribution >= 0.6 is 22.9 Å². The maximum atomic E-state index is 13.9. The summed E-state index contributed by atoms with van der Waals surface area (Å²) in [6.07, 6.45) is 2.94. The van der Waals surface area contributed by atoms with Gasteiger partial charge in [0, 0.05) is 10.4 Å². The molecule has 6 heteroatoms. The minimum Gasteiger partial charge on any atom is -0.376 e. The highest BCUT2D eigenvalue weighted by Gasteiger charge is 2.23. The van der Waals surface area contributed by atoms with Crippen molar-refractivity contribution in [3.05, 3.63) is 50.4 Å². The van der Waals surface area contributed by atoms with Crippen molar-refractivity contribution in [2.45, 2.75) is 25.3 Å². The van der Waals surface area contributed by atoms with Crippen molar-refractivity contribution in [2.24, 2.45) is 5.73 Å². The highest BCUT2D eigenvalue weighted by molar-refractivity contribution is 7.16. The summed E-state index contributed by atoms with van der Waals surface area (Å²) in [5.41, 5.74) is 6.95. The minimum atomic E-state index is -0.569. The Kier molecular flexibility index (Phi) is 3.87. The van der Waals surface area contributed by atoms with E-state index in [1.54, 1.807) is 11.3 Å². The summed E-state index contributed by atoms with van der Waals surface area (Å²) in [6, 6.07) is 6.05. The average Bonchev–Trinajstić information content (AvgIpc) is 2.82. The largest absolute Gasteiger partial charge is 0.376 e. The second kappa shape index (κ2) is 5.66. The fourth-order valence-electron chi connectivity index (χ4n) is 2.65. The van der Waals surface area contributed by atoms with Crippen molar-refractivity contribution in [1.82, 2.24) is 0 Å². The van der Waals surface area contributed by atoms with Crippen LogP contribution < -0.4 is 11.1 Å². The topological polar surface area (TPSA) is 55.1 Å². The molecule has 0 saturated heterocycles. The van der Waals surface area contributed by atoms with Crippen LogP contribution in [0.5, 0.6) is 0 Å². The molecule has 3 rings (SSSR count). The number of aryl methyl sites for hydroxylation is 1. The average molecular weight is 325 g/mol. The first-order valence-corrected chi connectivity index (χ1v) is 7.88. The molecule has 1 aromatic heterocycles. The van der Waals surface area contributed by atoms with Crippen molar-refractivity contribution in [2.75, 3.05) is 5.32 Å². The molecule has 21 heavy (non-hydrogen) atoms. The summed E-state index contributed by atoms with van der Waals surface area (Å²) in [6.45, 7) is 0. The van der Waals surface area contributed by atoms with E-state index in [4.69, 9.17) is 17.3 Å². The van der Waals surface area contributed by atoms with E-state index in [1.165, 1.54) is 23.1 Å². The summed E-state index contributed by atoms with van der Waals surface area (Å²) in [5, 5.41) is 3.18. The van der Waals surface area contributed by atoms with E-state index >= 15 is 0 Å². The Morgan fingerprint density at radius 1 is 1.43 bits per heavy atom. The van der Waals surface area contributed by atoms with Gasteiger partial charge < -0.3 is 11.1 Å². The first-order valence-electron chi connectivity index (χ1n) is 6.68. The Balaban J connectivity index is 1.91. The third kappa shape index (κ3) is 2.89. The van der Waals surface area contributed by atoms with Gasteiger partial charge in [0.1, 0.15) is 5.82 Å². The smallest absolute Gasteiger partial charge is 0.248 e. The van der Waals surface area contributed by atoms with Gasteiger partial charge in [-0.2, -0.15) is 0 Å². The number of nitrogens with two attached hydrogens (primary N) is 1. The predicted octanol–water partition coefficient (Wildman–Crippen LogP) is 4.13. The molecule has 1 atom stereocenters. The van der Waals surface area contributed by atoms with Crippen molar-refractivity contribution < 1.29 is 9.18 Å². The van der Waals surface area contributed by atoms with Crippen LogP contribution in [0, 0.1) is 5.82 Å². The molecule has 0 bridgehead atoms. The molecule has 0 fully saturated rings. The van der Waals surface area contributed by atoms with Gasteiger partial charge in [-0.3, -0.25) is 4.79 Å². The lowest BCUT2D eigenvalue weighted by molar-refractivity contribution is 0.100. The van der Waals surface area contributed by atoms with Crippen LogP contribution in [0.3, 0.4) is 0 Å². The lowest BCUT2D eigenvalue weighted by Gasteiger charge is -2.25. The van der Waals surface area contributed by atoms with E-state index in [-0.39, 0.29) is 6.04 Å². The van der Waals surface area contributed by atoms with Gasteiger partial charge in [-0.15, -0.1) is 11.3 Å². The second-order valence-corrected chi connectivity index (χ2v) is 6.85. The van der Waals surface area contributed by atoms with E-state index in [1.807, 2.05) is 6.07 Å². The van der Waals surface area contributed by atoms with Gasteiger partial charge in [-0.05, 0) is 49.1 Å². The second-order valence-electron chi connectivity index (χ2n) is 5.08. The molecule has 0 spiro atoms. The highest BCUT2D eigenvalue weighted by Crippen LogP contribution is 2.39. The number of halogens is 2. The Bertz CT molecular complexity index is 701. The van der Waals surface area contributed by atoms with E-state index in [0.29, 0.717) is 11.3 Å². The van der Waals surface area contributed by atoms with Gasteiger partial charge in [-0.25, -0.2) is 4.39 Å². The number of carbonyl (C=O) groups excluding carboxylic acids is 1. The Labute approximate surface area is 130 Å². The summed E-state index contributed by atoms with van der Waals surface area (Å²) >= 11 is 7.65. The zero-order chi connectivity index (χ0) is 15.0. The molecule has 0 aliphatic heterocycles. The Hall–Kier alpha value is -1.59. The molecule has 3 N–H and O–H groups in total. The van der Waals surface area contributed by atoms with E-state index in [0.717, 1.165) is 29.2 Å². The molecule has 1 unspecified atom stereocenters. The fourth-order valence-corrected chi connectivity index (χ4v) is 4.03. The monoisotopic (exact) mass is 324 g/mol. The number of rotatable bonds is 3. The summed E-state index contributed by atoms with van der Waals surface area (Å²) < 4.78 is 14.7. The van der Waals surface area contributed by atoms with Crippen LogP contribution in [0.15, 0.2) is 24.3 Å². The summed E-state index contributed by atoms with van der Waals surface area (Å²) in [7, 11) is 0. The van der Waals surface area contributed by atoms with Gasteiger partial charge in [0.2, 0.25) is 5.91 Å². The van der Waals surface area contributed by atoms with E-state index in [2.05, 4.69) is 5.32 Å². The number of amides is 1. The quantitative estimate of drug-likeness (QED) is 0.892. The standard InChI is InChI=1S/C15H14ClFN2OS/c16-14-7-9-11(2-1-3-13(9)21-14)19-12-6-8(15(18)20)4-5-10(12)17/h4-7,11,19H,1-3H2,(H2,18,20). The molecule has 0 saturated carbocycles. The maximum Gasteiger partial charge on any atom is 0.248 e. The SMILES string of the molecule is NC(=O)c1ccc(F)c(NC2CCCc3sc(Cl)cc32)c1. The van der Waals surface area contributed by atoms with Crippen molar-refractivity contribution in [3.63, 3.8) is 0 Å². The van der Waals surface area contributed by atoms with Crippen molar-refractivity contribution >= 4 is 34.5 Å². The van der Waals surface area contributed by atoms with E-state index in [9.17, 15) is 9.18 Å². The van der Waals surface area contributed by atoms with Crippen LogP contribution in [-0.4, -0.2) is 5.91 Å². The van der Waals surface area contributed by atoms with Crippen molar-refractivity contribution in [1.29, 1.82) is 0 Å². The lowest BCUT2D eigenvalue weighted by atomic mass is 9.93. The predicted molar refractivity (Wildman–Crippen MR) is 83.5 cm³/mol. The first-order chi connectivity index (χ1) is 10.0. The summed E-state index contributed by atoms with van der Waals surface area (Å²) in [5.74, 6) is -0.964. The number of hydrogen-bond acceptors (Lipinski definition) is 3. The number of nitrogens with one attached hydrogen (secondary N) is 1. The molecular weight excluding hydrogens is 311 g/mol. The number of benzene rings is 1. The van der Waals surface area contributed by atoms with Crippen LogP contribution in [0.1, 0.15) is 39.7 Å². The Morgan fingerprint density at radius 2 is 2.24 bits per heavy atom. The molecule has 1 aromatic carbocycles. The third-order valence-corrected chi connectivity index (χ3v) is 5.00. The van der Waals surface area contributed by atoms with Gasteiger partial charge >= 0.3 is 0 Å². The zero-order valence-electron chi connectivity index (χ0n) is 11.2. The molecule has 1 aliphatic rings. The molecule has 1 heterocycles. The van der Waals surface area contributed by atoms with Crippen LogP contribution in [-0.2, 0) is 6.42 Å². The summed E-state index contributed by atoms with van der Waals surface area (Å²) in [4.78, 5) is 12.5.